The van der Waals surface area contributed by atoms with Crippen LogP contribution < -0.4 is 0 Å². The smallest absolute Gasteiger partial charge is 0.0862 e. The van der Waals surface area contributed by atoms with E-state index in [1.807, 2.05) is 0 Å². The Labute approximate surface area is 114 Å². The van der Waals surface area contributed by atoms with Gasteiger partial charge in [-0.05, 0) is 57.6 Å². The molecule has 1 aliphatic rings. The molecule has 0 atom stereocenters. The van der Waals surface area contributed by atoms with Crippen molar-refractivity contribution < 1.29 is 0 Å². The zero-order valence-corrected chi connectivity index (χ0v) is 12.0. The second-order valence-electron chi connectivity index (χ2n) is 6.33. The third-order valence-electron chi connectivity index (χ3n) is 3.86. The van der Waals surface area contributed by atoms with Gasteiger partial charge in [0, 0.05) is 0 Å². The molecule has 0 fully saturated rings. The first kappa shape index (κ1) is 12.4. The molecule has 0 unspecified atom stereocenters. The van der Waals surface area contributed by atoms with Gasteiger partial charge in [0.2, 0.25) is 0 Å². The van der Waals surface area contributed by atoms with Crippen molar-refractivity contribution in [2.24, 2.45) is 0 Å². The molecule has 1 aromatic heterocycles. The lowest BCUT2D eigenvalue weighted by atomic mass is 9.93. The predicted octanol–water partition coefficient (Wildman–Crippen LogP) is 2.92. The van der Waals surface area contributed by atoms with Gasteiger partial charge in [0.05, 0.1) is 16.9 Å². The second-order valence-corrected chi connectivity index (χ2v) is 6.33. The lowest BCUT2D eigenvalue weighted by Gasteiger charge is -2.23. The third kappa shape index (κ3) is 2.29. The van der Waals surface area contributed by atoms with Crippen molar-refractivity contribution in [2.75, 3.05) is 0 Å². The average molecular weight is 255 g/mol. The normalized spacial score (nSPS) is 15.3. The van der Waals surface area contributed by atoms with Crippen LogP contribution in [0, 0.1) is 0 Å². The van der Waals surface area contributed by atoms with Crippen molar-refractivity contribution >= 4 is 0 Å². The zero-order chi connectivity index (χ0) is 13.5. The fourth-order valence-corrected chi connectivity index (χ4v) is 2.87. The van der Waals surface area contributed by atoms with Crippen LogP contribution in [0.15, 0.2) is 24.3 Å². The SMILES string of the molecule is CC(C)(C)n1nnc2c1CCc1ccccc1CC2. The molecule has 0 amide bonds. The summed E-state index contributed by atoms with van der Waals surface area (Å²) in [6.07, 6.45) is 4.21. The Bertz CT molecular complexity index is 590. The maximum atomic E-state index is 4.41. The fraction of sp³-hybridized carbons (Fsp3) is 0.500. The summed E-state index contributed by atoms with van der Waals surface area (Å²) in [6, 6.07) is 8.77. The minimum Gasteiger partial charge on any atom is -0.244 e. The molecule has 0 saturated carbocycles. The van der Waals surface area contributed by atoms with Gasteiger partial charge >= 0.3 is 0 Å². The number of hydrogen-bond donors (Lipinski definition) is 0. The first-order valence-electron chi connectivity index (χ1n) is 7.06. The minimum atomic E-state index is 0.0132. The first-order valence-corrected chi connectivity index (χ1v) is 7.06. The Kier molecular flexibility index (Phi) is 2.92. The Morgan fingerprint density at radius 2 is 1.58 bits per heavy atom. The summed E-state index contributed by atoms with van der Waals surface area (Å²) in [5.74, 6) is 0. The molecule has 0 N–H and O–H groups in total. The predicted molar refractivity (Wildman–Crippen MR) is 76.3 cm³/mol. The van der Waals surface area contributed by atoms with E-state index in [2.05, 4.69) is 60.0 Å². The Morgan fingerprint density at radius 3 is 2.21 bits per heavy atom. The second kappa shape index (κ2) is 4.48. The number of hydrogen-bond acceptors (Lipinski definition) is 2. The molecule has 100 valence electrons. The molecule has 1 aliphatic carbocycles. The van der Waals surface area contributed by atoms with E-state index >= 15 is 0 Å². The quantitative estimate of drug-likeness (QED) is 0.724. The van der Waals surface area contributed by atoms with E-state index in [4.69, 9.17) is 0 Å². The van der Waals surface area contributed by atoms with Crippen LogP contribution in [0.1, 0.15) is 43.3 Å². The van der Waals surface area contributed by atoms with E-state index in [-0.39, 0.29) is 5.54 Å². The molecule has 1 heterocycles. The van der Waals surface area contributed by atoms with Crippen molar-refractivity contribution in [1.82, 2.24) is 15.0 Å². The molecule has 0 saturated heterocycles. The van der Waals surface area contributed by atoms with Crippen LogP contribution in [0.5, 0.6) is 0 Å². The van der Waals surface area contributed by atoms with Crippen LogP contribution in [0.3, 0.4) is 0 Å². The lowest BCUT2D eigenvalue weighted by molar-refractivity contribution is 0.335. The van der Waals surface area contributed by atoms with Crippen LogP contribution in [-0.2, 0) is 31.2 Å². The van der Waals surface area contributed by atoms with Gasteiger partial charge in [-0.1, -0.05) is 29.5 Å². The zero-order valence-electron chi connectivity index (χ0n) is 12.0. The summed E-state index contributed by atoms with van der Waals surface area (Å²) < 4.78 is 2.11. The molecule has 2 aromatic rings. The standard InChI is InChI=1S/C16H21N3/c1-16(2,3)19-15-11-9-13-7-5-4-6-12(13)8-10-14(15)17-18-19/h4-7H,8-11H2,1-3H3. The molecule has 0 radical (unpaired) electrons. The lowest BCUT2D eigenvalue weighted by Crippen LogP contribution is -2.26. The van der Waals surface area contributed by atoms with Crippen molar-refractivity contribution in [3.05, 3.63) is 46.8 Å². The molecular weight excluding hydrogens is 234 g/mol. The Morgan fingerprint density at radius 1 is 0.947 bits per heavy atom. The van der Waals surface area contributed by atoms with E-state index in [9.17, 15) is 0 Å². The summed E-state index contributed by atoms with van der Waals surface area (Å²) in [7, 11) is 0. The largest absolute Gasteiger partial charge is 0.244 e. The highest BCUT2D eigenvalue weighted by molar-refractivity contribution is 5.31. The highest BCUT2D eigenvalue weighted by atomic mass is 15.5. The highest BCUT2D eigenvalue weighted by Crippen LogP contribution is 2.24. The van der Waals surface area contributed by atoms with Crippen LogP contribution in [0.25, 0.3) is 0 Å². The number of aromatic nitrogens is 3. The number of fused-ring (bicyclic) bond motifs is 2. The van der Waals surface area contributed by atoms with Gasteiger partial charge in [0.25, 0.3) is 0 Å². The number of rotatable bonds is 0. The van der Waals surface area contributed by atoms with Gasteiger partial charge in [0.1, 0.15) is 0 Å². The third-order valence-corrected chi connectivity index (χ3v) is 3.86. The van der Waals surface area contributed by atoms with E-state index in [0.29, 0.717) is 0 Å². The number of aryl methyl sites for hydroxylation is 3. The summed E-state index contributed by atoms with van der Waals surface area (Å²) in [6.45, 7) is 6.57. The monoisotopic (exact) mass is 255 g/mol. The summed E-state index contributed by atoms with van der Waals surface area (Å²) in [5.41, 5.74) is 5.47. The van der Waals surface area contributed by atoms with Crippen molar-refractivity contribution in [1.29, 1.82) is 0 Å². The van der Waals surface area contributed by atoms with Gasteiger partial charge in [0.15, 0.2) is 0 Å². The maximum Gasteiger partial charge on any atom is 0.0862 e. The van der Waals surface area contributed by atoms with Gasteiger partial charge in [-0.2, -0.15) is 0 Å². The summed E-state index contributed by atoms with van der Waals surface area (Å²) >= 11 is 0. The molecule has 1 aromatic carbocycles. The van der Waals surface area contributed by atoms with Crippen LogP contribution in [0.4, 0.5) is 0 Å². The van der Waals surface area contributed by atoms with Crippen molar-refractivity contribution in [2.45, 2.75) is 52.0 Å². The van der Waals surface area contributed by atoms with Gasteiger partial charge in [-0.15, -0.1) is 5.10 Å². The van der Waals surface area contributed by atoms with Crippen LogP contribution in [-0.4, -0.2) is 15.0 Å². The molecule has 0 aliphatic heterocycles. The molecular formula is C16H21N3. The minimum absolute atomic E-state index is 0.0132. The molecule has 0 bridgehead atoms. The molecule has 3 heteroatoms. The summed E-state index contributed by atoms with van der Waals surface area (Å²) in [4.78, 5) is 0. The highest BCUT2D eigenvalue weighted by Gasteiger charge is 2.23. The fourth-order valence-electron chi connectivity index (χ4n) is 2.87. The van der Waals surface area contributed by atoms with Gasteiger partial charge in [-0.3, -0.25) is 0 Å². The maximum absolute atomic E-state index is 4.41. The molecule has 3 rings (SSSR count). The molecule has 19 heavy (non-hydrogen) atoms. The van der Waals surface area contributed by atoms with Crippen LogP contribution >= 0.6 is 0 Å². The Balaban J connectivity index is 1.97. The van der Waals surface area contributed by atoms with Crippen molar-refractivity contribution in [3.8, 4) is 0 Å². The van der Waals surface area contributed by atoms with E-state index in [0.717, 1.165) is 25.7 Å². The van der Waals surface area contributed by atoms with Crippen molar-refractivity contribution in [3.63, 3.8) is 0 Å². The first-order chi connectivity index (χ1) is 9.05. The summed E-state index contributed by atoms with van der Waals surface area (Å²) in [5, 5.41) is 8.79. The molecule has 0 spiro atoms. The van der Waals surface area contributed by atoms with E-state index in [1.54, 1.807) is 0 Å². The van der Waals surface area contributed by atoms with Gasteiger partial charge < -0.3 is 0 Å². The van der Waals surface area contributed by atoms with Gasteiger partial charge in [-0.25, -0.2) is 4.68 Å². The average Bonchev–Trinajstić information content (AvgIpc) is 2.74. The Hall–Kier alpha value is -1.64. The number of nitrogens with zero attached hydrogens (tertiary/aromatic N) is 3. The van der Waals surface area contributed by atoms with E-state index < -0.39 is 0 Å². The number of benzene rings is 1. The molecule has 3 nitrogen and oxygen atoms in total. The van der Waals surface area contributed by atoms with E-state index in [1.165, 1.54) is 22.5 Å². The van der Waals surface area contributed by atoms with Crippen LogP contribution in [0.2, 0.25) is 0 Å². The topological polar surface area (TPSA) is 30.7 Å².